The van der Waals surface area contributed by atoms with Gasteiger partial charge in [-0.15, -0.1) is 0 Å². The van der Waals surface area contributed by atoms with Crippen molar-refractivity contribution < 1.29 is 9.59 Å². The van der Waals surface area contributed by atoms with E-state index < -0.39 is 6.04 Å². The number of thioether (sulfide) groups is 1. The van der Waals surface area contributed by atoms with Gasteiger partial charge in [0.05, 0.1) is 22.7 Å². The first-order valence-corrected chi connectivity index (χ1v) is 12.0. The van der Waals surface area contributed by atoms with Crippen LogP contribution in [0.1, 0.15) is 52.9 Å². The van der Waals surface area contributed by atoms with Crippen LogP contribution in [0.5, 0.6) is 0 Å². The Morgan fingerprint density at radius 1 is 1.23 bits per heavy atom. The van der Waals surface area contributed by atoms with Crippen molar-refractivity contribution in [3.63, 3.8) is 0 Å². The molecule has 31 heavy (non-hydrogen) atoms. The standard InChI is InChI=1S/C24H31N3O3S/c1-16(2)22(17(3)28)26-21(29)15-31-24-25-20-12-8-7-11-19(20)23(30)27(24)14-13-18-9-5-4-6-10-18/h7-9,11-12,16,22H,4-6,10,13-15H2,1-3H3,(H,26,29). The lowest BCUT2D eigenvalue weighted by Gasteiger charge is -2.19. The fourth-order valence-corrected chi connectivity index (χ4v) is 4.76. The van der Waals surface area contributed by atoms with Crippen molar-refractivity contribution in [2.45, 2.75) is 70.6 Å². The van der Waals surface area contributed by atoms with Crippen LogP contribution in [-0.2, 0) is 16.1 Å². The number of hydrogen-bond acceptors (Lipinski definition) is 5. The number of rotatable bonds is 9. The highest BCUT2D eigenvalue weighted by molar-refractivity contribution is 7.99. The Hall–Kier alpha value is -2.41. The van der Waals surface area contributed by atoms with Crippen LogP contribution < -0.4 is 10.9 Å². The molecule has 166 valence electrons. The average molecular weight is 442 g/mol. The lowest BCUT2D eigenvalue weighted by Crippen LogP contribution is -2.44. The molecule has 0 radical (unpaired) electrons. The number of carbonyl (C=O) groups excluding carboxylic acids is 2. The first-order chi connectivity index (χ1) is 14.9. The Kier molecular flexibility index (Phi) is 8.07. The van der Waals surface area contributed by atoms with E-state index in [1.807, 2.05) is 32.0 Å². The SMILES string of the molecule is CC(=O)C(NC(=O)CSc1nc2ccccc2c(=O)n1CCC1=CCCCC1)C(C)C. The van der Waals surface area contributed by atoms with Gasteiger partial charge in [-0.05, 0) is 57.1 Å². The summed E-state index contributed by atoms with van der Waals surface area (Å²) in [7, 11) is 0. The minimum Gasteiger partial charge on any atom is -0.345 e. The van der Waals surface area contributed by atoms with Crippen molar-refractivity contribution in [2.75, 3.05) is 5.75 Å². The van der Waals surface area contributed by atoms with E-state index in [1.165, 1.54) is 37.1 Å². The summed E-state index contributed by atoms with van der Waals surface area (Å²) in [4.78, 5) is 42.1. The predicted molar refractivity (Wildman–Crippen MR) is 125 cm³/mol. The summed E-state index contributed by atoms with van der Waals surface area (Å²) in [6, 6.07) is 6.81. The number of ketones is 1. The van der Waals surface area contributed by atoms with E-state index in [4.69, 9.17) is 0 Å². The summed E-state index contributed by atoms with van der Waals surface area (Å²) in [6.45, 7) is 5.85. The maximum atomic E-state index is 13.2. The maximum absolute atomic E-state index is 13.2. The van der Waals surface area contributed by atoms with Gasteiger partial charge in [0, 0.05) is 6.54 Å². The molecule has 1 amide bonds. The van der Waals surface area contributed by atoms with Crippen LogP contribution in [0.25, 0.3) is 10.9 Å². The third-order valence-corrected chi connectivity index (χ3v) is 6.60. The first kappa shape index (κ1) is 23.3. The Balaban J connectivity index is 1.80. The third-order valence-electron chi connectivity index (χ3n) is 5.62. The normalized spacial score (nSPS) is 15.0. The van der Waals surface area contributed by atoms with Crippen LogP contribution in [0.2, 0.25) is 0 Å². The quantitative estimate of drug-likeness (QED) is 0.360. The number of benzene rings is 1. The largest absolute Gasteiger partial charge is 0.345 e. The second kappa shape index (κ2) is 10.8. The van der Waals surface area contributed by atoms with E-state index in [-0.39, 0.29) is 28.9 Å². The molecular formula is C24H31N3O3S. The lowest BCUT2D eigenvalue weighted by atomic mass is 9.97. The van der Waals surface area contributed by atoms with Crippen LogP contribution in [0.4, 0.5) is 0 Å². The van der Waals surface area contributed by atoms with Gasteiger partial charge < -0.3 is 5.32 Å². The number of nitrogens with one attached hydrogen (secondary N) is 1. The molecule has 0 saturated carbocycles. The summed E-state index contributed by atoms with van der Waals surface area (Å²) in [5.41, 5.74) is 1.95. The number of carbonyl (C=O) groups is 2. The fourth-order valence-electron chi connectivity index (χ4n) is 3.93. The van der Waals surface area contributed by atoms with Gasteiger partial charge in [0.15, 0.2) is 10.9 Å². The molecule has 0 bridgehead atoms. The molecule has 6 nitrogen and oxygen atoms in total. The molecule has 0 fully saturated rings. The Labute approximate surface area is 187 Å². The molecule has 1 aliphatic rings. The number of fused-ring (bicyclic) bond motifs is 1. The minimum absolute atomic E-state index is 0.0205. The molecule has 1 aliphatic carbocycles. The number of para-hydroxylation sites is 1. The highest BCUT2D eigenvalue weighted by atomic mass is 32.2. The Morgan fingerprint density at radius 2 is 2.00 bits per heavy atom. The number of allylic oxidation sites excluding steroid dienone is 2. The number of aromatic nitrogens is 2. The summed E-state index contributed by atoms with van der Waals surface area (Å²) in [5, 5.41) is 3.94. The molecular weight excluding hydrogens is 410 g/mol. The van der Waals surface area contributed by atoms with Gasteiger partial charge in [0.25, 0.3) is 5.56 Å². The molecule has 3 rings (SSSR count). The monoisotopic (exact) mass is 441 g/mol. The molecule has 1 unspecified atom stereocenters. The molecule has 1 aromatic carbocycles. The maximum Gasteiger partial charge on any atom is 0.262 e. The van der Waals surface area contributed by atoms with Crippen LogP contribution >= 0.6 is 11.8 Å². The van der Waals surface area contributed by atoms with E-state index in [2.05, 4.69) is 16.4 Å². The van der Waals surface area contributed by atoms with Crippen LogP contribution in [0, 0.1) is 5.92 Å². The highest BCUT2D eigenvalue weighted by Gasteiger charge is 2.21. The Morgan fingerprint density at radius 3 is 2.68 bits per heavy atom. The summed E-state index contributed by atoms with van der Waals surface area (Å²) in [5.74, 6) is -0.172. The molecule has 2 aromatic rings. The van der Waals surface area contributed by atoms with Gasteiger partial charge in [-0.2, -0.15) is 0 Å². The van der Waals surface area contributed by atoms with Crippen LogP contribution in [0.3, 0.4) is 0 Å². The highest BCUT2D eigenvalue weighted by Crippen LogP contribution is 2.23. The van der Waals surface area contributed by atoms with Crippen molar-refractivity contribution >= 4 is 34.4 Å². The summed E-state index contributed by atoms with van der Waals surface area (Å²) < 4.78 is 1.70. The number of amides is 1. The van der Waals surface area contributed by atoms with E-state index in [9.17, 15) is 14.4 Å². The first-order valence-electron chi connectivity index (χ1n) is 11.0. The van der Waals surface area contributed by atoms with Gasteiger partial charge in [-0.1, -0.05) is 49.4 Å². The number of Topliss-reactive ketones (excluding diaryl/α,β-unsaturated/α-hetero) is 1. The molecule has 1 N–H and O–H groups in total. The van der Waals surface area contributed by atoms with Crippen molar-refractivity contribution in [1.29, 1.82) is 0 Å². The average Bonchev–Trinajstić information content (AvgIpc) is 2.76. The van der Waals surface area contributed by atoms with E-state index in [1.54, 1.807) is 10.6 Å². The second-order valence-corrected chi connectivity index (χ2v) is 9.36. The third kappa shape index (κ3) is 6.06. The molecule has 7 heteroatoms. The number of nitrogens with zero attached hydrogens (tertiary/aromatic N) is 2. The van der Waals surface area contributed by atoms with Gasteiger partial charge in [-0.25, -0.2) is 4.98 Å². The minimum atomic E-state index is -0.502. The second-order valence-electron chi connectivity index (χ2n) is 8.41. The zero-order chi connectivity index (χ0) is 22.4. The van der Waals surface area contributed by atoms with Gasteiger partial charge in [0.1, 0.15) is 0 Å². The zero-order valence-electron chi connectivity index (χ0n) is 18.5. The van der Waals surface area contributed by atoms with E-state index >= 15 is 0 Å². The molecule has 1 atom stereocenters. The molecule has 1 heterocycles. The van der Waals surface area contributed by atoms with E-state index in [0.29, 0.717) is 22.6 Å². The zero-order valence-corrected chi connectivity index (χ0v) is 19.3. The fraction of sp³-hybridized carbons (Fsp3) is 0.500. The summed E-state index contributed by atoms with van der Waals surface area (Å²) in [6.07, 6.45) is 7.73. The van der Waals surface area contributed by atoms with Crippen LogP contribution in [0.15, 0.2) is 45.9 Å². The Bertz CT molecular complexity index is 1040. The molecule has 0 aliphatic heterocycles. The lowest BCUT2D eigenvalue weighted by molar-refractivity contribution is -0.126. The molecule has 0 spiro atoms. The van der Waals surface area contributed by atoms with Crippen molar-refractivity contribution in [2.24, 2.45) is 5.92 Å². The van der Waals surface area contributed by atoms with Gasteiger partial charge >= 0.3 is 0 Å². The van der Waals surface area contributed by atoms with Gasteiger partial charge in [0.2, 0.25) is 5.91 Å². The molecule has 0 saturated heterocycles. The van der Waals surface area contributed by atoms with Crippen LogP contribution in [-0.4, -0.2) is 33.0 Å². The van der Waals surface area contributed by atoms with Crippen molar-refractivity contribution in [3.05, 3.63) is 46.3 Å². The number of hydrogen-bond donors (Lipinski definition) is 1. The van der Waals surface area contributed by atoms with Crippen molar-refractivity contribution in [3.8, 4) is 0 Å². The topological polar surface area (TPSA) is 81.1 Å². The van der Waals surface area contributed by atoms with Crippen molar-refractivity contribution in [1.82, 2.24) is 14.9 Å². The smallest absolute Gasteiger partial charge is 0.262 e. The summed E-state index contributed by atoms with van der Waals surface area (Å²) >= 11 is 1.25. The molecule has 1 aromatic heterocycles. The predicted octanol–water partition coefficient (Wildman–Crippen LogP) is 4.11. The van der Waals surface area contributed by atoms with Gasteiger partial charge in [-0.3, -0.25) is 19.0 Å². The van der Waals surface area contributed by atoms with E-state index in [0.717, 1.165) is 19.3 Å².